The Labute approximate surface area is 200 Å². The van der Waals surface area contributed by atoms with Crippen LogP contribution in [0.25, 0.3) is 11.3 Å². The molecule has 1 aliphatic carbocycles. The van der Waals surface area contributed by atoms with E-state index in [-0.39, 0.29) is 16.9 Å². The zero-order chi connectivity index (χ0) is 26.3. The second-order valence-corrected chi connectivity index (χ2v) is 7.85. The van der Waals surface area contributed by atoms with Crippen LogP contribution in [0.1, 0.15) is 5.56 Å². The highest BCUT2D eigenvalue weighted by molar-refractivity contribution is 5.91. The van der Waals surface area contributed by atoms with E-state index in [1.165, 1.54) is 0 Å². The Balaban J connectivity index is 1.68. The highest BCUT2D eigenvalue weighted by Gasteiger charge is 2.52. The zero-order valence-electron chi connectivity index (χ0n) is 18.0. The predicted molar refractivity (Wildman–Crippen MR) is 116 cm³/mol. The van der Waals surface area contributed by atoms with Crippen LogP contribution in [-0.4, -0.2) is 88.9 Å². The van der Waals surface area contributed by atoms with Crippen LogP contribution in [0.15, 0.2) is 39.5 Å². The molecule has 0 spiro atoms. The van der Waals surface area contributed by atoms with Gasteiger partial charge in [0.25, 0.3) is 12.4 Å². The lowest BCUT2D eigenvalue weighted by Crippen LogP contribution is -2.61. The van der Waals surface area contributed by atoms with E-state index in [2.05, 4.69) is 0 Å². The van der Waals surface area contributed by atoms with Crippen LogP contribution >= 0.6 is 0 Å². The topological polar surface area (TPSA) is 241 Å². The number of hydrogen-bond acceptors (Lipinski definition) is 13. The van der Waals surface area contributed by atoms with E-state index < -0.39 is 83.4 Å². The Hall–Kier alpha value is -4.24. The fraction of sp³-hybridized carbons (Fsp3) is 0.273. The maximum atomic E-state index is 11.7. The Morgan fingerprint density at radius 3 is 2.22 bits per heavy atom. The predicted octanol–water partition coefficient (Wildman–Crippen LogP) is -0.974. The van der Waals surface area contributed by atoms with Crippen molar-refractivity contribution >= 4 is 5.97 Å². The lowest BCUT2D eigenvalue weighted by atomic mass is 9.99. The molecule has 2 heterocycles. The fourth-order valence-corrected chi connectivity index (χ4v) is 3.56. The molecule has 0 unspecified atom stereocenters. The summed E-state index contributed by atoms with van der Waals surface area (Å²) in [5, 5.41) is 79.3. The van der Waals surface area contributed by atoms with E-state index in [0.29, 0.717) is 0 Å². The molecule has 1 aromatic carbocycles. The smallest absolute Gasteiger partial charge is 0.507 e. The van der Waals surface area contributed by atoms with E-state index in [1.807, 2.05) is 0 Å². The summed E-state index contributed by atoms with van der Waals surface area (Å²) in [5.74, 6) is -5.52. The van der Waals surface area contributed by atoms with Gasteiger partial charge >= 0.3 is 11.9 Å². The van der Waals surface area contributed by atoms with Crippen molar-refractivity contribution in [1.82, 2.24) is 0 Å². The SMILES string of the molecule is O=c1cc2oc(O[C@@H]3O[C@H](CO)[C@H](O)[C@H](O)[C@H]3OC(=[OH+])c3cc(O)c(O)c(O)c3)c(O)cc-2c(O)c1. The normalized spacial score (nSPS) is 23.9. The van der Waals surface area contributed by atoms with Crippen LogP contribution < -0.4 is 10.2 Å². The van der Waals surface area contributed by atoms with Gasteiger partial charge in [-0.3, -0.25) is 4.79 Å². The summed E-state index contributed by atoms with van der Waals surface area (Å²) >= 11 is 0. The Kier molecular flexibility index (Phi) is 6.51. The molecule has 0 bridgehead atoms. The van der Waals surface area contributed by atoms with Gasteiger partial charge in [0, 0.05) is 30.3 Å². The van der Waals surface area contributed by atoms with Crippen LogP contribution in [0.4, 0.5) is 0 Å². The molecule has 192 valence electrons. The number of aliphatic hydroxyl groups excluding tert-OH is 3. The number of hydrogen-bond donors (Lipinski definition) is 8. The molecule has 1 saturated heterocycles. The Bertz CT molecular complexity index is 1290. The van der Waals surface area contributed by atoms with E-state index in [0.717, 1.165) is 30.3 Å². The van der Waals surface area contributed by atoms with Gasteiger partial charge in [0.05, 0.1) is 12.2 Å². The third-order valence-corrected chi connectivity index (χ3v) is 5.40. The molecule has 14 heteroatoms. The van der Waals surface area contributed by atoms with Crippen molar-refractivity contribution in [3.05, 3.63) is 46.1 Å². The van der Waals surface area contributed by atoms with Gasteiger partial charge in [-0.15, -0.1) is 0 Å². The summed E-state index contributed by atoms with van der Waals surface area (Å²) in [7, 11) is 0. The second-order valence-electron chi connectivity index (χ2n) is 7.85. The Morgan fingerprint density at radius 2 is 1.58 bits per heavy atom. The minimum atomic E-state index is -1.87. The molecule has 5 atom stereocenters. The molecule has 0 amide bonds. The molecule has 1 fully saturated rings. The molecule has 3 aliphatic rings. The van der Waals surface area contributed by atoms with Crippen LogP contribution in [0.3, 0.4) is 0 Å². The first-order valence-electron chi connectivity index (χ1n) is 10.3. The zero-order valence-corrected chi connectivity index (χ0v) is 18.0. The molecular formula is C22H21O14+. The summed E-state index contributed by atoms with van der Waals surface area (Å²) < 4.78 is 21.4. The van der Waals surface area contributed by atoms with Gasteiger partial charge in [0.15, 0.2) is 34.5 Å². The molecule has 0 aromatic heterocycles. The maximum absolute atomic E-state index is 11.7. The molecule has 0 saturated carbocycles. The van der Waals surface area contributed by atoms with Crippen LogP contribution in [0, 0.1) is 0 Å². The first-order valence-corrected chi connectivity index (χ1v) is 10.3. The largest absolute Gasteiger partial charge is 0.518 e. The molecule has 2 aliphatic heterocycles. The van der Waals surface area contributed by atoms with Gasteiger partial charge < -0.3 is 64.3 Å². The summed E-state index contributed by atoms with van der Waals surface area (Å²) in [4.78, 5) is 22.1. The van der Waals surface area contributed by atoms with Gasteiger partial charge in [-0.05, 0) is 0 Å². The summed E-state index contributed by atoms with van der Waals surface area (Å²) in [6.07, 6.45) is -8.57. The standard InChI is InChI=1S/C22H20O14/c23-6-15-17(30)18(31)19(35-20(32)7-1-11(26)16(29)12(27)2-7)22(34-15)36-21-13(28)5-9-10(25)3-8(24)4-14(9)33-21/h1-5,15,17-19,22-23,25-31H,6H2/p+1/t15-,17+,18+,19-,22+/m1/s1. The number of aromatic hydroxyl groups is 5. The van der Waals surface area contributed by atoms with E-state index in [4.69, 9.17) is 18.6 Å². The maximum Gasteiger partial charge on any atom is 0.518 e. The van der Waals surface area contributed by atoms with Crippen LogP contribution in [0.2, 0.25) is 0 Å². The highest BCUT2D eigenvalue weighted by Crippen LogP contribution is 2.40. The minimum absolute atomic E-state index is 0.0292. The number of fused-ring (bicyclic) bond motifs is 1. The number of ether oxygens (including phenoxy) is 3. The van der Waals surface area contributed by atoms with Gasteiger partial charge in [-0.2, -0.15) is 0 Å². The molecule has 4 rings (SSSR count). The summed E-state index contributed by atoms with van der Waals surface area (Å²) in [6, 6.07) is 4.55. The van der Waals surface area contributed by atoms with Crippen LogP contribution in [-0.2, 0) is 9.47 Å². The first kappa shape index (κ1) is 24.9. The van der Waals surface area contributed by atoms with E-state index >= 15 is 0 Å². The average molecular weight is 509 g/mol. The van der Waals surface area contributed by atoms with E-state index in [9.17, 15) is 50.4 Å². The van der Waals surface area contributed by atoms with Gasteiger partial charge in [0.1, 0.15) is 29.3 Å². The van der Waals surface area contributed by atoms with Gasteiger partial charge in [-0.25, -0.2) is 0 Å². The molecule has 36 heavy (non-hydrogen) atoms. The van der Waals surface area contributed by atoms with E-state index in [1.54, 1.807) is 0 Å². The molecule has 14 nitrogen and oxygen atoms in total. The Morgan fingerprint density at radius 1 is 0.917 bits per heavy atom. The van der Waals surface area contributed by atoms with Crippen molar-refractivity contribution in [2.24, 2.45) is 0 Å². The number of rotatable bonds is 5. The van der Waals surface area contributed by atoms with Crippen molar-refractivity contribution in [2.75, 3.05) is 6.61 Å². The number of carbonyl (C=O) groups excluding carboxylic acids is 1. The first-order chi connectivity index (χ1) is 17.0. The average Bonchev–Trinajstić information content (AvgIpc) is 2.82. The lowest BCUT2D eigenvalue weighted by Gasteiger charge is -2.37. The van der Waals surface area contributed by atoms with Crippen LogP contribution in [0.5, 0.6) is 34.7 Å². The van der Waals surface area contributed by atoms with Gasteiger partial charge in [0.2, 0.25) is 0 Å². The number of aliphatic hydroxyl groups is 3. The second kappa shape index (κ2) is 9.43. The number of benzene rings is 2. The summed E-state index contributed by atoms with van der Waals surface area (Å²) in [5.41, 5.74) is -1.00. The minimum Gasteiger partial charge on any atom is -0.507 e. The van der Waals surface area contributed by atoms with Crippen molar-refractivity contribution in [2.45, 2.75) is 30.7 Å². The highest BCUT2D eigenvalue weighted by atomic mass is 16.7. The van der Waals surface area contributed by atoms with Crippen molar-refractivity contribution < 1.29 is 64.3 Å². The monoisotopic (exact) mass is 509 g/mol. The number of phenols is 4. The van der Waals surface area contributed by atoms with Crippen molar-refractivity contribution in [1.29, 1.82) is 0 Å². The third kappa shape index (κ3) is 4.52. The number of phenolic OH excluding ortho intramolecular Hbond substituents is 4. The third-order valence-electron chi connectivity index (χ3n) is 5.40. The van der Waals surface area contributed by atoms with Crippen molar-refractivity contribution in [3.8, 4) is 46.0 Å². The number of esters is 1. The molecule has 1 aromatic rings. The summed E-state index contributed by atoms with van der Waals surface area (Å²) in [6.45, 7) is -0.783. The quantitative estimate of drug-likeness (QED) is 0.117. The molecule has 0 radical (unpaired) electrons. The lowest BCUT2D eigenvalue weighted by molar-refractivity contribution is -0.277. The fourth-order valence-electron chi connectivity index (χ4n) is 3.56. The van der Waals surface area contributed by atoms with Gasteiger partial charge in [-0.1, -0.05) is 0 Å². The molecule has 9 N–H and O–H groups in total. The van der Waals surface area contributed by atoms with Crippen molar-refractivity contribution in [3.63, 3.8) is 0 Å². The molecular weight excluding hydrogens is 488 g/mol.